The van der Waals surface area contributed by atoms with Crippen LogP contribution in [0.1, 0.15) is 11.1 Å². The number of ether oxygens (including phenoxy) is 2. The third-order valence-corrected chi connectivity index (χ3v) is 5.65. The van der Waals surface area contributed by atoms with E-state index in [1.165, 1.54) is 50.5 Å². The topological polar surface area (TPSA) is 72.9 Å². The summed E-state index contributed by atoms with van der Waals surface area (Å²) in [6, 6.07) is 10.2. The number of nitrogens with zero attached hydrogens (tertiary/aromatic N) is 1. The predicted octanol–water partition coefficient (Wildman–Crippen LogP) is 3.12. The molecule has 10 heteroatoms. The first-order chi connectivity index (χ1) is 13.5. The summed E-state index contributed by atoms with van der Waals surface area (Å²) in [5, 5.41) is 0. The van der Waals surface area contributed by atoms with Crippen LogP contribution in [0.5, 0.6) is 5.75 Å². The van der Waals surface area contributed by atoms with Crippen LogP contribution in [-0.2, 0) is 32.2 Å². The Balaban J connectivity index is 1.80. The van der Waals surface area contributed by atoms with Crippen molar-refractivity contribution >= 4 is 16.0 Å². The van der Waals surface area contributed by atoms with Crippen LogP contribution >= 0.6 is 0 Å². The van der Waals surface area contributed by atoms with Crippen molar-refractivity contribution in [2.24, 2.45) is 0 Å². The van der Waals surface area contributed by atoms with E-state index in [0.717, 1.165) is 16.4 Å². The number of hydrogen-bond donors (Lipinski definition) is 0. The number of sulfonamides is 1. The van der Waals surface area contributed by atoms with Crippen molar-refractivity contribution in [1.82, 2.24) is 4.31 Å². The third kappa shape index (κ3) is 6.47. The number of halogens is 3. The van der Waals surface area contributed by atoms with Crippen molar-refractivity contribution in [3.05, 3.63) is 59.7 Å². The van der Waals surface area contributed by atoms with Crippen molar-refractivity contribution in [3.63, 3.8) is 0 Å². The van der Waals surface area contributed by atoms with Gasteiger partial charge < -0.3 is 9.47 Å². The maximum Gasteiger partial charge on any atom is 0.416 e. The van der Waals surface area contributed by atoms with Crippen LogP contribution in [0.3, 0.4) is 0 Å². The zero-order valence-electron chi connectivity index (χ0n) is 15.8. The fraction of sp³-hybridized carbons (Fsp3) is 0.316. The lowest BCUT2D eigenvalue weighted by Gasteiger charge is -2.12. The highest BCUT2D eigenvalue weighted by molar-refractivity contribution is 7.89. The Morgan fingerprint density at radius 2 is 1.69 bits per heavy atom. The molecule has 0 fully saturated rings. The molecule has 29 heavy (non-hydrogen) atoms. The molecule has 0 aromatic heterocycles. The SMILES string of the molecule is CN(C)S(=O)(=O)c1ccc(OCCOC(=O)Cc2cccc(C(F)(F)F)c2)cc1. The minimum atomic E-state index is -4.48. The summed E-state index contributed by atoms with van der Waals surface area (Å²) < 4.78 is 73.4. The van der Waals surface area contributed by atoms with Crippen molar-refractivity contribution < 1.29 is 35.9 Å². The van der Waals surface area contributed by atoms with Crippen molar-refractivity contribution in [1.29, 1.82) is 0 Å². The summed E-state index contributed by atoms with van der Waals surface area (Å²) in [5.41, 5.74) is -0.630. The van der Waals surface area contributed by atoms with Crippen LogP contribution in [0.15, 0.2) is 53.4 Å². The second-order valence-corrected chi connectivity index (χ2v) is 8.35. The average Bonchev–Trinajstić information content (AvgIpc) is 2.65. The molecule has 2 aromatic carbocycles. The molecule has 0 saturated heterocycles. The molecule has 0 amide bonds. The normalized spacial score (nSPS) is 12.1. The molecule has 6 nitrogen and oxygen atoms in total. The van der Waals surface area contributed by atoms with Crippen LogP contribution < -0.4 is 4.74 Å². The molecular weight excluding hydrogens is 411 g/mol. The molecule has 158 valence electrons. The molecule has 0 saturated carbocycles. The number of esters is 1. The first-order valence-electron chi connectivity index (χ1n) is 8.47. The molecule has 0 aliphatic heterocycles. The Morgan fingerprint density at radius 1 is 1.03 bits per heavy atom. The summed E-state index contributed by atoms with van der Waals surface area (Å²) in [5.74, 6) is -0.294. The Morgan fingerprint density at radius 3 is 2.28 bits per heavy atom. The summed E-state index contributed by atoms with van der Waals surface area (Å²) in [6.07, 6.45) is -4.77. The van der Waals surface area contributed by atoms with Crippen molar-refractivity contribution in [2.45, 2.75) is 17.5 Å². The third-order valence-electron chi connectivity index (χ3n) is 3.82. The average molecular weight is 431 g/mol. The molecule has 2 rings (SSSR count). The maximum atomic E-state index is 12.7. The molecule has 0 radical (unpaired) electrons. The summed E-state index contributed by atoms with van der Waals surface area (Å²) in [4.78, 5) is 11.9. The Bertz CT molecular complexity index is 941. The zero-order chi connectivity index (χ0) is 21.7. The van der Waals surface area contributed by atoms with E-state index < -0.39 is 27.7 Å². The van der Waals surface area contributed by atoms with Gasteiger partial charge in [-0.3, -0.25) is 4.79 Å². The Labute approximate surface area is 166 Å². The van der Waals surface area contributed by atoms with Crippen LogP contribution in [0.2, 0.25) is 0 Å². The van der Waals surface area contributed by atoms with Gasteiger partial charge >= 0.3 is 12.1 Å². The van der Waals surface area contributed by atoms with E-state index in [2.05, 4.69) is 0 Å². The number of benzene rings is 2. The molecule has 0 heterocycles. The molecular formula is C19H20F3NO5S. The van der Waals surface area contributed by atoms with E-state index in [4.69, 9.17) is 9.47 Å². The first kappa shape index (κ1) is 22.7. The number of rotatable bonds is 8. The highest BCUT2D eigenvalue weighted by Gasteiger charge is 2.30. The van der Waals surface area contributed by atoms with Crippen LogP contribution in [0, 0.1) is 0 Å². The molecule has 0 aliphatic carbocycles. The van der Waals surface area contributed by atoms with Gasteiger partial charge in [-0.25, -0.2) is 12.7 Å². The zero-order valence-corrected chi connectivity index (χ0v) is 16.6. The molecule has 0 unspecified atom stereocenters. The van der Waals surface area contributed by atoms with E-state index >= 15 is 0 Å². The predicted molar refractivity (Wildman–Crippen MR) is 98.9 cm³/mol. The number of carbonyl (C=O) groups is 1. The van der Waals surface area contributed by atoms with Gasteiger partial charge in [0.15, 0.2) is 0 Å². The van der Waals surface area contributed by atoms with Gasteiger partial charge in [0.05, 0.1) is 16.9 Å². The summed E-state index contributed by atoms with van der Waals surface area (Å²) in [7, 11) is -0.686. The lowest BCUT2D eigenvalue weighted by atomic mass is 10.1. The quantitative estimate of drug-likeness (QED) is 0.474. The van der Waals surface area contributed by atoms with Gasteiger partial charge in [-0.2, -0.15) is 13.2 Å². The lowest BCUT2D eigenvalue weighted by molar-refractivity contribution is -0.144. The molecule has 0 N–H and O–H groups in total. The Hall–Kier alpha value is -2.59. The van der Waals surface area contributed by atoms with Gasteiger partial charge in [0.1, 0.15) is 19.0 Å². The van der Waals surface area contributed by atoms with Gasteiger partial charge in [0, 0.05) is 14.1 Å². The maximum absolute atomic E-state index is 12.7. The number of alkyl halides is 3. The first-order valence-corrected chi connectivity index (χ1v) is 9.91. The fourth-order valence-electron chi connectivity index (χ4n) is 2.31. The molecule has 0 bridgehead atoms. The molecule has 0 spiro atoms. The van der Waals surface area contributed by atoms with Gasteiger partial charge in [-0.1, -0.05) is 18.2 Å². The van der Waals surface area contributed by atoms with Crippen molar-refractivity contribution in [3.8, 4) is 5.75 Å². The molecule has 0 atom stereocenters. The second-order valence-electron chi connectivity index (χ2n) is 6.20. The van der Waals surface area contributed by atoms with Crippen molar-refractivity contribution in [2.75, 3.05) is 27.3 Å². The standard InChI is InChI=1S/C19H20F3NO5S/c1-23(2)29(25,26)17-8-6-16(7-9-17)27-10-11-28-18(24)13-14-4-3-5-15(12-14)19(20,21)22/h3-9,12H,10-11,13H2,1-2H3. The van der Waals surface area contributed by atoms with E-state index in [9.17, 15) is 26.4 Å². The van der Waals surface area contributed by atoms with Crippen LogP contribution in [-0.4, -0.2) is 46.0 Å². The number of carbonyl (C=O) groups excluding carboxylic acids is 1. The second kappa shape index (κ2) is 9.27. The van der Waals surface area contributed by atoms with Gasteiger partial charge in [-0.05, 0) is 35.9 Å². The van der Waals surface area contributed by atoms with Gasteiger partial charge in [0.25, 0.3) is 0 Å². The van der Waals surface area contributed by atoms with E-state index in [1.54, 1.807) is 0 Å². The van der Waals surface area contributed by atoms with E-state index in [0.29, 0.717) is 5.75 Å². The smallest absolute Gasteiger partial charge is 0.416 e. The monoisotopic (exact) mass is 431 g/mol. The lowest BCUT2D eigenvalue weighted by Crippen LogP contribution is -2.22. The minimum Gasteiger partial charge on any atom is -0.490 e. The van der Waals surface area contributed by atoms with E-state index in [-0.39, 0.29) is 30.1 Å². The fourth-order valence-corrected chi connectivity index (χ4v) is 3.21. The number of hydrogen-bond acceptors (Lipinski definition) is 5. The molecule has 2 aromatic rings. The summed E-state index contributed by atoms with van der Waals surface area (Å²) in [6.45, 7) is -0.0936. The van der Waals surface area contributed by atoms with Gasteiger partial charge in [-0.15, -0.1) is 0 Å². The highest BCUT2D eigenvalue weighted by Crippen LogP contribution is 2.29. The summed E-state index contributed by atoms with van der Waals surface area (Å²) >= 11 is 0. The largest absolute Gasteiger partial charge is 0.490 e. The highest BCUT2D eigenvalue weighted by atomic mass is 32.2. The van der Waals surface area contributed by atoms with Crippen LogP contribution in [0.25, 0.3) is 0 Å². The minimum absolute atomic E-state index is 0.00804. The van der Waals surface area contributed by atoms with Crippen LogP contribution in [0.4, 0.5) is 13.2 Å². The Kier molecular flexibility index (Phi) is 7.26. The van der Waals surface area contributed by atoms with E-state index in [1.807, 2.05) is 0 Å². The van der Waals surface area contributed by atoms with Gasteiger partial charge in [0.2, 0.25) is 10.0 Å². The molecule has 0 aliphatic rings.